The van der Waals surface area contributed by atoms with Crippen molar-refractivity contribution in [2.75, 3.05) is 0 Å². The molecule has 1 unspecified atom stereocenters. The topological polar surface area (TPSA) is 20.2 Å². The van der Waals surface area contributed by atoms with Crippen LogP contribution in [0.15, 0.2) is 109 Å². The summed E-state index contributed by atoms with van der Waals surface area (Å²) in [5.74, 6) is 0. The van der Waals surface area contributed by atoms with Crippen LogP contribution in [-0.4, -0.2) is 18.4 Å². The summed E-state index contributed by atoms with van der Waals surface area (Å²) >= 11 is -1.72. The van der Waals surface area contributed by atoms with Crippen molar-refractivity contribution < 1.29 is 5.11 Å². The minimum absolute atomic E-state index is 0.498. The van der Waals surface area contributed by atoms with Crippen LogP contribution >= 0.6 is 11.3 Å². The molecule has 0 aliphatic carbocycles. The van der Waals surface area contributed by atoms with Crippen molar-refractivity contribution in [3.8, 4) is 0 Å². The first kappa shape index (κ1) is 17.3. The van der Waals surface area contributed by atoms with E-state index in [1.165, 1.54) is 13.2 Å². The van der Waals surface area contributed by atoms with Crippen LogP contribution in [-0.2, 0) is 0 Å². The molecular formula is C23H20GeOS. The summed E-state index contributed by atoms with van der Waals surface area (Å²) in [5, 5.41) is 13.8. The van der Waals surface area contributed by atoms with Crippen molar-refractivity contribution in [3.63, 3.8) is 0 Å². The zero-order valence-electron chi connectivity index (χ0n) is 14.3. The Morgan fingerprint density at radius 3 is 1.35 bits per heavy atom. The van der Waals surface area contributed by atoms with Gasteiger partial charge in [-0.3, -0.25) is 0 Å². The van der Waals surface area contributed by atoms with Crippen LogP contribution in [0.4, 0.5) is 0 Å². The second-order valence-electron chi connectivity index (χ2n) is 6.32. The molecule has 0 aliphatic rings. The van der Waals surface area contributed by atoms with Gasteiger partial charge in [0.1, 0.15) is 0 Å². The Morgan fingerprint density at radius 2 is 1.00 bits per heavy atom. The fourth-order valence-corrected chi connectivity index (χ4v) is 15.4. The molecule has 128 valence electrons. The van der Waals surface area contributed by atoms with Crippen LogP contribution < -0.4 is 13.2 Å². The van der Waals surface area contributed by atoms with Gasteiger partial charge in [0.15, 0.2) is 0 Å². The number of thiophene rings is 1. The Balaban J connectivity index is 2.07. The van der Waals surface area contributed by atoms with Gasteiger partial charge < -0.3 is 0 Å². The zero-order valence-corrected chi connectivity index (χ0v) is 17.2. The quantitative estimate of drug-likeness (QED) is 0.494. The minimum atomic E-state index is -3.36. The summed E-state index contributed by atoms with van der Waals surface area (Å²) in [6.07, 6.45) is 0. The molecule has 0 fully saturated rings. The van der Waals surface area contributed by atoms with Gasteiger partial charge in [0.05, 0.1) is 0 Å². The second-order valence-corrected chi connectivity index (χ2v) is 15.5. The van der Waals surface area contributed by atoms with E-state index in [4.69, 9.17) is 0 Å². The normalized spacial score (nSPS) is 12.7. The molecule has 26 heavy (non-hydrogen) atoms. The van der Waals surface area contributed by atoms with Crippen molar-refractivity contribution in [1.29, 1.82) is 0 Å². The summed E-state index contributed by atoms with van der Waals surface area (Å²) in [4.78, 5) is 0.545. The molecule has 1 aromatic heterocycles. The van der Waals surface area contributed by atoms with Gasteiger partial charge >= 0.3 is 161 Å². The maximum absolute atomic E-state index is 11.8. The van der Waals surface area contributed by atoms with Gasteiger partial charge in [0.25, 0.3) is 0 Å². The predicted molar refractivity (Wildman–Crippen MR) is 113 cm³/mol. The molecule has 0 amide bonds. The van der Waals surface area contributed by atoms with Gasteiger partial charge in [0, 0.05) is 0 Å². The molecule has 0 bridgehead atoms. The molecule has 0 aliphatic heterocycles. The second kappa shape index (κ2) is 7.62. The molecule has 0 spiro atoms. The van der Waals surface area contributed by atoms with Gasteiger partial charge in [0.2, 0.25) is 0 Å². The van der Waals surface area contributed by atoms with E-state index in [1.54, 1.807) is 11.3 Å². The Bertz CT molecular complexity index is 841. The third-order valence-electron chi connectivity index (χ3n) is 4.91. The Morgan fingerprint density at radius 1 is 0.577 bits per heavy atom. The van der Waals surface area contributed by atoms with Crippen molar-refractivity contribution in [3.05, 3.63) is 113 Å². The fourth-order valence-electron chi connectivity index (χ4n) is 3.74. The van der Waals surface area contributed by atoms with Crippen LogP contribution in [0.1, 0.15) is 9.81 Å². The third-order valence-corrected chi connectivity index (χ3v) is 16.5. The van der Waals surface area contributed by atoms with E-state index >= 15 is 0 Å². The summed E-state index contributed by atoms with van der Waals surface area (Å²) in [6.45, 7) is 0. The van der Waals surface area contributed by atoms with Crippen LogP contribution in [0.25, 0.3) is 0 Å². The molecule has 1 N–H and O–H groups in total. The van der Waals surface area contributed by atoms with Crippen molar-refractivity contribution >= 4 is 37.8 Å². The van der Waals surface area contributed by atoms with Gasteiger partial charge in [-0.1, -0.05) is 0 Å². The number of benzene rings is 3. The van der Waals surface area contributed by atoms with Gasteiger partial charge in [-0.05, 0) is 0 Å². The predicted octanol–water partition coefficient (Wildman–Crippen LogP) is 3.49. The number of hydrogen-bond acceptors (Lipinski definition) is 2. The van der Waals surface area contributed by atoms with E-state index in [0.717, 1.165) is 4.88 Å². The van der Waals surface area contributed by atoms with Crippen LogP contribution in [0.3, 0.4) is 0 Å². The van der Waals surface area contributed by atoms with Crippen molar-refractivity contribution in [2.24, 2.45) is 0 Å². The van der Waals surface area contributed by atoms with E-state index in [1.807, 2.05) is 29.6 Å². The monoisotopic (exact) mass is 418 g/mol. The molecule has 1 atom stereocenters. The molecule has 4 aromatic rings. The maximum atomic E-state index is 11.8. The standard InChI is InChI=1S/C23H20GeOS/c25-23(22-17-10-18-26-22)24(19-11-4-1-5-12-19,20-13-6-2-7-14-20)21-15-8-3-9-16-21/h1-18,23,25H. The Kier molecular flexibility index (Phi) is 5.07. The Hall–Kier alpha value is -2.14. The van der Waals surface area contributed by atoms with Gasteiger partial charge in [-0.2, -0.15) is 0 Å². The average molecular weight is 417 g/mol. The molecule has 1 nitrogen and oxygen atoms in total. The summed E-state index contributed by atoms with van der Waals surface area (Å²) in [6, 6.07) is 35.9. The first-order valence-electron chi connectivity index (χ1n) is 8.71. The zero-order chi connectivity index (χ0) is 17.8. The molecule has 1 heterocycles. The van der Waals surface area contributed by atoms with E-state index in [9.17, 15) is 5.11 Å². The molecular weight excluding hydrogens is 397 g/mol. The molecule has 0 radical (unpaired) electrons. The average Bonchev–Trinajstić information content (AvgIpc) is 3.26. The van der Waals surface area contributed by atoms with Gasteiger partial charge in [-0.25, -0.2) is 0 Å². The van der Waals surface area contributed by atoms with E-state index in [2.05, 4.69) is 78.9 Å². The van der Waals surface area contributed by atoms with Crippen molar-refractivity contribution in [1.82, 2.24) is 0 Å². The summed E-state index contributed by atoms with van der Waals surface area (Å²) in [5.41, 5.74) is 0. The van der Waals surface area contributed by atoms with Gasteiger partial charge in [-0.15, -0.1) is 0 Å². The molecule has 0 saturated carbocycles. The first-order valence-corrected chi connectivity index (χ1v) is 14.0. The van der Waals surface area contributed by atoms with Crippen LogP contribution in [0, 0.1) is 0 Å². The van der Waals surface area contributed by atoms with Crippen LogP contribution in [0.2, 0.25) is 0 Å². The van der Waals surface area contributed by atoms with Crippen LogP contribution in [0.5, 0.6) is 0 Å². The number of aliphatic hydroxyl groups is 1. The Labute approximate surface area is 161 Å². The number of hydrogen-bond donors (Lipinski definition) is 1. The van der Waals surface area contributed by atoms with E-state index < -0.39 is 18.2 Å². The SMILES string of the molecule is O[CH](c1cccs1)[Ge]([c]1ccccc1)([c]1ccccc1)[c]1ccccc1. The van der Waals surface area contributed by atoms with E-state index in [-0.39, 0.29) is 0 Å². The molecule has 4 rings (SSSR count). The van der Waals surface area contributed by atoms with E-state index in [0.29, 0.717) is 0 Å². The first-order chi connectivity index (χ1) is 12.8. The molecule has 3 aromatic carbocycles. The number of rotatable bonds is 5. The molecule has 0 saturated heterocycles. The molecule has 3 heteroatoms. The number of aliphatic hydroxyl groups excluding tert-OH is 1. The summed E-state index contributed by atoms with van der Waals surface area (Å²) < 4.78 is 3.81. The fraction of sp³-hybridized carbons (Fsp3) is 0.0435. The summed E-state index contributed by atoms with van der Waals surface area (Å²) in [7, 11) is 0. The third kappa shape index (κ3) is 2.94. The van der Waals surface area contributed by atoms with Crippen molar-refractivity contribution in [2.45, 2.75) is 4.94 Å².